The first-order chi connectivity index (χ1) is 14.5. The Bertz CT molecular complexity index is 1050. The van der Waals surface area contributed by atoms with Crippen LogP contribution in [0.15, 0.2) is 35.7 Å². The van der Waals surface area contributed by atoms with E-state index in [0.717, 1.165) is 10.6 Å². The number of carboxylic acids is 1. The summed E-state index contributed by atoms with van der Waals surface area (Å²) in [6.07, 6.45) is 0. The monoisotopic (exact) mass is 429 g/mol. The van der Waals surface area contributed by atoms with Crippen molar-refractivity contribution >= 4 is 17.3 Å². The Morgan fingerprint density at radius 3 is 2.30 bits per heavy atom. The standard InChI is InChI=1S/C22H23NO6S/c1-5-28-17-8-7-13(10-18(17)29-6-2)21-23-16(12-30-21)14-9-15(22(24)25)20(27-4)19(11-14)26-3/h7-12H,5-6H2,1-4H3,(H,24,25). The molecule has 1 heterocycles. The molecule has 0 unspecified atom stereocenters. The predicted octanol–water partition coefficient (Wildman–Crippen LogP) is 4.99. The van der Waals surface area contributed by atoms with Gasteiger partial charge in [0.15, 0.2) is 23.0 Å². The Kier molecular flexibility index (Phi) is 6.79. The van der Waals surface area contributed by atoms with Crippen molar-refractivity contribution in [1.82, 2.24) is 4.98 Å². The number of methoxy groups -OCH3 is 2. The number of aromatic carboxylic acids is 1. The van der Waals surface area contributed by atoms with Crippen LogP contribution in [0.2, 0.25) is 0 Å². The van der Waals surface area contributed by atoms with Gasteiger partial charge in [0.2, 0.25) is 0 Å². The van der Waals surface area contributed by atoms with E-state index in [4.69, 9.17) is 23.9 Å². The number of thiazole rings is 1. The van der Waals surface area contributed by atoms with E-state index in [1.165, 1.54) is 31.6 Å². The van der Waals surface area contributed by atoms with Crippen LogP contribution in [-0.2, 0) is 0 Å². The average Bonchev–Trinajstić information content (AvgIpc) is 3.24. The fourth-order valence-corrected chi connectivity index (χ4v) is 3.82. The highest BCUT2D eigenvalue weighted by atomic mass is 32.1. The molecule has 0 radical (unpaired) electrons. The van der Waals surface area contributed by atoms with Gasteiger partial charge in [-0.25, -0.2) is 9.78 Å². The van der Waals surface area contributed by atoms with Crippen LogP contribution in [0.5, 0.6) is 23.0 Å². The smallest absolute Gasteiger partial charge is 0.339 e. The first-order valence-corrected chi connectivity index (χ1v) is 10.3. The lowest BCUT2D eigenvalue weighted by Gasteiger charge is -2.12. The molecule has 1 aromatic heterocycles. The molecule has 0 fully saturated rings. The number of hydrogen-bond acceptors (Lipinski definition) is 7. The molecule has 0 aliphatic heterocycles. The summed E-state index contributed by atoms with van der Waals surface area (Å²) in [5, 5.41) is 12.2. The van der Waals surface area contributed by atoms with Crippen LogP contribution >= 0.6 is 11.3 Å². The number of hydrogen-bond donors (Lipinski definition) is 1. The molecule has 0 aliphatic rings. The number of rotatable bonds is 9. The third kappa shape index (κ3) is 4.33. The van der Waals surface area contributed by atoms with Gasteiger partial charge in [-0.2, -0.15) is 0 Å². The maximum atomic E-state index is 11.7. The van der Waals surface area contributed by atoms with E-state index >= 15 is 0 Å². The van der Waals surface area contributed by atoms with Gasteiger partial charge in [0.05, 0.1) is 33.1 Å². The summed E-state index contributed by atoms with van der Waals surface area (Å²) in [6.45, 7) is 4.91. The highest BCUT2D eigenvalue weighted by molar-refractivity contribution is 7.13. The van der Waals surface area contributed by atoms with Gasteiger partial charge in [-0.1, -0.05) is 0 Å². The van der Waals surface area contributed by atoms with Gasteiger partial charge < -0.3 is 24.1 Å². The quantitative estimate of drug-likeness (QED) is 0.513. The molecule has 0 bridgehead atoms. The van der Waals surface area contributed by atoms with Crippen molar-refractivity contribution in [3.63, 3.8) is 0 Å². The van der Waals surface area contributed by atoms with E-state index < -0.39 is 5.97 Å². The summed E-state index contributed by atoms with van der Waals surface area (Å²) >= 11 is 1.45. The van der Waals surface area contributed by atoms with Crippen molar-refractivity contribution in [2.45, 2.75) is 13.8 Å². The second-order valence-corrected chi connectivity index (χ2v) is 6.99. The zero-order chi connectivity index (χ0) is 21.7. The minimum absolute atomic E-state index is 0.0149. The zero-order valence-corrected chi connectivity index (χ0v) is 18.0. The number of ether oxygens (including phenoxy) is 4. The summed E-state index contributed by atoms with van der Waals surface area (Å²) < 4.78 is 21.8. The van der Waals surface area contributed by atoms with Crippen LogP contribution in [0, 0.1) is 0 Å². The topological polar surface area (TPSA) is 87.1 Å². The van der Waals surface area contributed by atoms with Crippen molar-refractivity contribution in [3.8, 4) is 44.8 Å². The molecule has 8 heteroatoms. The lowest BCUT2D eigenvalue weighted by Crippen LogP contribution is -2.03. The van der Waals surface area contributed by atoms with E-state index in [1.54, 1.807) is 6.07 Å². The predicted molar refractivity (Wildman–Crippen MR) is 115 cm³/mol. The number of carboxylic acid groups (broad SMARTS) is 1. The molecule has 0 amide bonds. The molecule has 30 heavy (non-hydrogen) atoms. The van der Waals surface area contributed by atoms with Gasteiger partial charge >= 0.3 is 5.97 Å². The number of benzene rings is 2. The molecular formula is C22H23NO6S. The second-order valence-electron chi connectivity index (χ2n) is 6.13. The number of carbonyl (C=O) groups is 1. The molecule has 0 saturated heterocycles. The van der Waals surface area contributed by atoms with Crippen molar-refractivity contribution in [2.24, 2.45) is 0 Å². The van der Waals surface area contributed by atoms with Crippen molar-refractivity contribution < 1.29 is 28.8 Å². The van der Waals surface area contributed by atoms with Crippen molar-refractivity contribution in [2.75, 3.05) is 27.4 Å². The fraction of sp³-hybridized carbons (Fsp3) is 0.273. The highest BCUT2D eigenvalue weighted by Crippen LogP contribution is 2.39. The molecule has 2 aromatic carbocycles. The fourth-order valence-electron chi connectivity index (χ4n) is 2.99. The van der Waals surface area contributed by atoms with E-state index in [9.17, 15) is 9.90 Å². The summed E-state index contributed by atoms with van der Waals surface area (Å²) in [4.78, 5) is 16.4. The van der Waals surface area contributed by atoms with Gasteiger partial charge in [-0.15, -0.1) is 11.3 Å². The van der Waals surface area contributed by atoms with E-state index in [0.29, 0.717) is 41.7 Å². The first kappa shape index (κ1) is 21.4. The Balaban J connectivity index is 2.02. The molecular weight excluding hydrogens is 406 g/mol. The normalized spacial score (nSPS) is 10.5. The van der Waals surface area contributed by atoms with Crippen molar-refractivity contribution in [3.05, 3.63) is 41.3 Å². The highest BCUT2D eigenvalue weighted by Gasteiger charge is 2.20. The van der Waals surface area contributed by atoms with Gasteiger partial charge in [0.25, 0.3) is 0 Å². The summed E-state index contributed by atoms with van der Waals surface area (Å²) in [5.74, 6) is 0.757. The van der Waals surface area contributed by atoms with Crippen LogP contribution in [0.25, 0.3) is 21.8 Å². The minimum atomic E-state index is -1.10. The van der Waals surface area contributed by atoms with Crippen LogP contribution < -0.4 is 18.9 Å². The molecule has 0 saturated carbocycles. The molecule has 0 atom stereocenters. The Morgan fingerprint density at radius 2 is 1.67 bits per heavy atom. The van der Waals surface area contributed by atoms with Gasteiger partial charge in [-0.3, -0.25) is 0 Å². The molecule has 1 N–H and O–H groups in total. The van der Waals surface area contributed by atoms with Gasteiger partial charge in [0.1, 0.15) is 10.6 Å². The van der Waals surface area contributed by atoms with Crippen LogP contribution in [0.1, 0.15) is 24.2 Å². The van der Waals surface area contributed by atoms with Crippen molar-refractivity contribution in [1.29, 1.82) is 0 Å². The molecule has 0 spiro atoms. The SMILES string of the molecule is CCOc1ccc(-c2nc(-c3cc(OC)c(OC)c(C(=O)O)c3)cs2)cc1OCC. The summed E-state index contributed by atoms with van der Waals surface area (Å²) in [7, 11) is 2.88. The van der Waals surface area contributed by atoms with E-state index in [-0.39, 0.29) is 11.3 Å². The molecule has 0 aliphatic carbocycles. The van der Waals surface area contributed by atoms with E-state index in [1.807, 2.05) is 37.4 Å². The maximum Gasteiger partial charge on any atom is 0.339 e. The number of nitrogens with zero attached hydrogens (tertiary/aromatic N) is 1. The lowest BCUT2D eigenvalue weighted by atomic mass is 10.1. The molecule has 3 aromatic rings. The lowest BCUT2D eigenvalue weighted by molar-refractivity contribution is 0.0692. The molecule has 7 nitrogen and oxygen atoms in total. The number of aromatic nitrogens is 1. The zero-order valence-electron chi connectivity index (χ0n) is 17.2. The van der Waals surface area contributed by atoms with Crippen LogP contribution in [0.3, 0.4) is 0 Å². The Labute approximate surface area is 178 Å². The minimum Gasteiger partial charge on any atom is -0.493 e. The summed E-state index contributed by atoms with van der Waals surface area (Å²) in [5.41, 5.74) is 2.17. The van der Waals surface area contributed by atoms with Gasteiger partial charge in [-0.05, 0) is 44.2 Å². The van der Waals surface area contributed by atoms with Crippen LogP contribution in [0.4, 0.5) is 0 Å². The van der Waals surface area contributed by atoms with Gasteiger partial charge in [0, 0.05) is 16.5 Å². The summed E-state index contributed by atoms with van der Waals surface area (Å²) in [6, 6.07) is 8.94. The molecule has 3 rings (SSSR count). The third-order valence-corrected chi connectivity index (χ3v) is 5.19. The largest absolute Gasteiger partial charge is 0.493 e. The average molecular weight is 429 g/mol. The first-order valence-electron chi connectivity index (χ1n) is 9.37. The molecule has 158 valence electrons. The Morgan fingerprint density at radius 1 is 0.967 bits per heavy atom. The second kappa shape index (κ2) is 9.49. The van der Waals surface area contributed by atoms with E-state index in [2.05, 4.69) is 0 Å². The Hall–Kier alpha value is -3.26. The third-order valence-electron chi connectivity index (χ3n) is 4.30. The van der Waals surface area contributed by atoms with Crippen LogP contribution in [-0.4, -0.2) is 43.5 Å². The maximum absolute atomic E-state index is 11.7.